The lowest BCUT2D eigenvalue weighted by Gasteiger charge is -2.38. The highest BCUT2D eigenvalue weighted by atomic mass is 32.1. The lowest BCUT2D eigenvalue weighted by Crippen LogP contribution is -2.60. The van der Waals surface area contributed by atoms with Crippen molar-refractivity contribution in [2.75, 3.05) is 6.54 Å². The quantitative estimate of drug-likeness (QED) is 0.275. The van der Waals surface area contributed by atoms with Crippen LogP contribution in [0.5, 0.6) is 0 Å². The molecule has 0 saturated carbocycles. The molecule has 11 nitrogen and oxygen atoms in total. The number of carbonyl (C=O) groups excluding carboxylic acids is 1. The summed E-state index contributed by atoms with van der Waals surface area (Å²) in [7, 11) is 0. The molecule has 0 aromatic carbocycles. The Bertz CT molecular complexity index is 851. The fourth-order valence-electron chi connectivity index (χ4n) is 2.46. The lowest BCUT2D eigenvalue weighted by molar-refractivity contribution is -0.574. The minimum absolute atomic E-state index is 0.0607. The van der Waals surface area contributed by atoms with E-state index in [1.807, 2.05) is 0 Å². The number of aliphatic hydroxyl groups is 4. The van der Waals surface area contributed by atoms with Gasteiger partial charge >= 0.3 is 10.9 Å². The van der Waals surface area contributed by atoms with Gasteiger partial charge in [-0.25, -0.2) is 4.79 Å². The monoisotopic (exact) mass is 373 g/mol. The number of amides is 1. The Balaban J connectivity index is 1.74. The van der Waals surface area contributed by atoms with E-state index in [1.165, 1.54) is 18.3 Å². The average Bonchev–Trinajstić information content (AvgIpc) is 2.93. The maximum Gasteiger partial charge on any atom is 0.338 e. The van der Waals surface area contributed by atoms with Crippen LogP contribution in [0.15, 0.2) is 23.1 Å². The first kappa shape index (κ1) is 17.7. The van der Waals surface area contributed by atoms with Gasteiger partial charge in [-0.3, -0.25) is 4.79 Å². The number of carbonyl (C=O) groups is 1. The van der Waals surface area contributed by atoms with Gasteiger partial charge in [0.1, 0.15) is 29.8 Å². The highest BCUT2D eigenvalue weighted by Crippen LogP contribution is 2.19. The molecule has 0 aliphatic carbocycles. The topological polar surface area (TPSA) is 168 Å². The summed E-state index contributed by atoms with van der Waals surface area (Å²) in [5.74, 6) is 0. The van der Waals surface area contributed by atoms with E-state index in [-0.39, 0.29) is 16.8 Å². The van der Waals surface area contributed by atoms with Crippen LogP contribution in [0.3, 0.4) is 0 Å². The zero-order chi connectivity index (χ0) is 18.3. The first-order valence-corrected chi connectivity index (χ1v) is 7.98. The Morgan fingerprint density at radius 1 is 1.32 bits per heavy atom. The summed E-state index contributed by atoms with van der Waals surface area (Å²) in [6.07, 6.45) is -6.63. The molecule has 1 saturated heterocycles. The van der Waals surface area contributed by atoms with E-state index >= 15 is 0 Å². The number of aromatic nitrogens is 2. The van der Waals surface area contributed by atoms with Gasteiger partial charge in [0.05, 0.1) is 0 Å². The van der Waals surface area contributed by atoms with Crippen molar-refractivity contribution in [3.63, 3.8) is 0 Å². The largest absolute Gasteiger partial charge is 0.618 e. The van der Waals surface area contributed by atoms with Crippen LogP contribution in [-0.2, 0) is 4.74 Å². The molecule has 136 valence electrons. The van der Waals surface area contributed by atoms with Crippen molar-refractivity contribution in [3.05, 3.63) is 33.9 Å². The number of ether oxygens (including phenoxy) is 1. The number of pyridine rings is 1. The van der Waals surface area contributed by atoms with E-state index in [9.17, 15) is 35.2 Å². The molecule has 2 aromatic heterocycles. The Hall–Kier alpha value is -2.09. The number of nitrogens with one attached hydrogen (secondary N) is 1. The Labute approximate surface area is 143 Å². The molecule has 0 radical (unpaired) electrons. The van der Waals surface area contributed by atoms with Crippen molar-refractivity contribution in [2.45, 2.75) is 30.7 Å². The summed E-state index contributed by atoms with van der Waals surface area (Å²) >= 11 is 0.648. The van der Waals surface area contributed by atoms with Crippen LogP contribution in [0.1, 0.15) is 0 Å². The van der Waals surface area contributed by atoms with Crippen LogP contribution >= 0.6 is 11.5 Å². The number of hydrogen-bond donors (Lipinski definition) is 5. The highest BCUT2D eigenvalue weighted by molar-refractivity contribution is 7.13. The van der Waals surface area contributed by atoms with Crippen LogP contribution in [0.4, 0.5) is 4.79 Å². The van der Waals surface area contributed by atoms with Crippen molar-refractivity contribution in [1.82, 2.24) is 9.27 Å². The molecule has 5 N–H and O–H groups in total. The Morgan fingerprint density at radius 2 is 2.04 bits per heavy atom. The third kappa shape index (κ3) is 3.10. The van der Waals surface area contributed by atoms with Crippen molar-refractivity contribution >= 4 is 27.8 Å². The molecule has 5 atom stereocenters. The van der Waals surface area contributed by atoms with Crippen LogP contribution in [0.25, 0.3) is 10.2 Å². The van der Waals surface area contributed by atoms with Gasteiger partial charge in [0.25, 0.3) is 5.56 Å². The molecule has 1 fully saturated rings. The fourth-order valence-corrected chi connectivity index (χ4v) is 3.35. The molecule has 25 heavy (non-hydrogen) atoms. The summed E-state index contributed by atoms with van der Waals surface area (Å²) in [6, 6.07) is 1.93. The minimum atomic E-state index is -1.73. The third-order valence-corrected chi connectivity index (χ3v) is 4.92. The smallest absolute Gasteiger partial charge is 0.338 e. The second-order valence-corrected chi connectivity index (χ2v) is 6.40. The van der Waals surface area contributed by atoms with Gasteiger partial charge in [0.2, 0.25) is 0 Å². The molecular formula is C13H15N3O8S. The summed E-state index contributed by atoms with van der Waals surface area (Å²) in [5.41, 5.74) is -0.677. The molecule has 3 heterocycles. The van der Waals surface area contributed by atoms with Gasteiger partial charge in [-0.05, 0) is 6.07 Å². The molecule has 2 aromatic rings. The van der Waals surface area contributed by atoms with Gasteiger partial charge in [0.15, 0.2) is 12.5 Å². The molecular weight excluding hydrogens is 358 g/mol. The molecule has 0 bridgehead atoms. The van der Waals surface area contributed by atoms with Crippen molar-refractivity contribution in [3.8, 4) is 0 Å². The number of rotatable bonds is 2. The third-order valence-electron chi connectivity index (χ3n) is 3.83. The second kappa shape index (κ2) is 6.67. The Kier molecular flexibility index (Phi) is 4.73. The molecule has 1 amide bonds. The van der Waals surface area contributed by atoms with Gasteiger partial charge in [-0.2, -0.15) is 8.69 Å². The van der Waals surface area contributed by atoms with Crippen molar-refractivity contribution in [2.24, 2.45) is 0 Å². The summed E-state index contributed by atoms with van der Waals surface area (Å²) < 4.78 is 6.12. The SMILES string of the molecule is O=C(NC[C@H]1O[C@H](O)[C@H](O)[C@@H](O)[C@H]1O)n1sc2c(ccc[n+]2[O-])c1=O. The normalized spacial score (nSPS) is 29.7. The molecule has 1 aliphatic rings. The summed E-state index contributed by atoms with van der Waals surface area (Å²) in [4.78, 5) is 24.4. The molecule has 0 unspecified atom stereocenters. The van der Waals surface area contributed by atoms with E-state index in [0.29, 0.717) is 16.3 Å². The number of nitrogens with zero attached hydrogens (tertiary/aromatic N) is 2. The predicted octanol–water partition coefficient (Wildman–Crippen LogP) is -2.95. The molecule has 3 rings (SSSR count). The minimum Gasteiger partial charge on any atom is -0.618 e. The zero-order valence-corrected chi connectivity index (χ0v) is 13.4. The zero-order valence-electron chi connectivity index (χ0n) is 12.6. The van der Waals surface area contributed by atoms with E-state index in [4.69, 9.17) is 4.74 Å². The summed E-state index contributed by atoms with van der Waals surface area (Å²) in [6.45, 7) is -0.348. The first-order chi connectivity index (χ1) is 11.8. The van der Waals surface area contributed by atoms with E-state index < -0.39 is 42.3 Å². The van der Waals surface area contributed by atoms with E-state index in [2.05, 4.69) is 5.32 Å². The van der Waals surface area contributed by atoms with Crippen LogP contribution in [0.2, 0.25) is 0 Å². The maximum absolute atomic E-state index is 12.2. The maximum atomic E-state index is 12.2. The standard InChI is InChI=1S/C13H15N3O8S/c17-7-6(24-12(21)9(19)8(7)18)4-14-13(22)16-10(20)5-2-1-3-15(23)11(5)25-16/h1-3,6-9,12,17-19,21H,4H2,(H,14,22)/t6-,7+,8+,9-,12+/m1/s1. The van der Waals surface area contributed by atoms with Crippen LogP contribution in [0, 0.1) is 5.21 Å². The van der Waals surface area contributed by atoms with Gasteiger partial charge < -0.3 is 35.7 Å². The van der Waals surface area contributed by atoms with Gasteiger partial charge in [-0.1, -0.05) is 0 Å². The Morgan fingerprint density at radius 3 is 2.72 bits per heavy atom. The van der Waals surface area contributed by atoms with E-state index in [1.54, 1.807) is 0 Å². The van der Waals surface area contributed by atoms with E-state index in [0.717, 1.165) is 3.96 Å². The van der Waals surface area contributed by atoms with Crippen LogP contribution < -0.4 is 15.6 Å². The summed E-state index contributed by atoms with van der Waals surface area (Å²) in [5, 5.41) is 52.3. The molecule has 0 spiro atoms. The number of fused-ring (bicyclic) bond motifs is 1. The fraction of sp³-hybridized carbons (Fsp3) is 0.462. The van der Waals surface area contributed by atoms with Crippen molar-refractivity contribution < 1.29 is 34.7 Å². The number of hydrogen-bond acceptors (Lipinski definition) is 9. The van der Waals surface area contributed by atoms with Gasteiger partial charge in [0, 0.05) is 24.1 Å². The van der Waals surface area contributed by atoms with Crippen LogP contribution in [-0.4, -0.2) is 67.7 Å². The molecule has 1 aliphatic heterocycles. The predicted molar refractivity (Wildman–Crippen MR) is 82.7 cm³/mol. The number of aliphatic hydroxyl groups excluding tert-OH is 4. The molecule has 12 heteroatoms. The lowest BCUT2D eigenvalue weighted by atomic mass is 9.99. The first-order valence-electron chi connectivity index (χ1n) is 7.21. The second-order valence-electron chi connectivity index (χ2n) is 5.47. The van der Waals surface area contributed by atoms with Crippen molar-refractivity contribution in [1.29, 1.82) is 0 Å². The van der Waals surface area contributed by atoms with Gasteiger partial charge in [-0.15, -0.1) is 0 Å². The average molecular weight is 373 g/mol. The highest BCUT2D eigenvalue weighted by Gasteiger charge is 2.43.